The molecule has 0 aliphatic rings. The smallest absolute Gasteiger partial charge is 0.297 e. The van der Waals surface area contributed by atoms with Crippen LogP contribution in [0.3, 0.4) is 0 Å². The summed E-state index contributed by atoms with van der Waals surface area (Å²) < 4.78 is 105. The van der Waals surface area contributed by atoms with Gasteiger partial charge in [0.2, 0.25) is 0 Å². The van der Waals surface area contributed by atoms with Gasteiger partial charge in [-0.15, -0.1) is 10.2 Å². The average molecular weight is 749 g/mol. The quantitative estimate of drug-likeness (QED) is 0.0894. The van der Waals surface area contributed by atoms with Gasteiger partial charge in [0.05, 0.1) is 10.6 Å². The number of nitrogens with zero attached hydrogens (tertiary/aromatic N) is 4. The molecule has 6 aromatic rings. The van der Waals surface area contributed by atoms with E-state index in [9.17, 15) is 44.0 Å². The van der Waals surface area contributed by atoms with E-state index in [1.54, 1.807) is 32.0 Å². The van der Waals surface area contributed by atoms with E-state index in [0.717, 1.165) is 23.8 Å². The maximum Gasteiger partial charge on any atom is 0.297 e. The van der Waals surface area contributed by atoms with Crippen molar-refractivity contribution < 1.29 is 44.0 Å². The predicted molar refractivity (Wildman–Crippen MR) is 187 cm³/mol. The molecule has 6 rings (SSSR count). The minimum Gasteiger partial charge on any atom is -0.505 e. The lowest BCUT2D eigenvalue weighted by Gasteiger charge is -2.19. The van der Waals surface area contributed by atoms with Gasteiger partial charge in [0.1, 0.15) is 27.0 Å². The molecule has 1 heterocycles. The number of hydrogen-bond donors (Lipinski definition) is 4. The monoisotopic (exact) mass is 748 g/mol. The van der Waals surface area contributed by atoms with Gasteiger partial charge in [-0.3, -0.25) is 13.7 Å². The third-order valence-corrected chi connectivity index (χ3v) is 10.8. The average Bonchev–Trinajstić information content (AvgIpc) is 3.05. The van der Waals surface area contributed by atoms with Gasteiger partial charge in [0, 0.05) is 28.8 Å². The topological polar surface area (TPSA) is 234 Å². The van der Waals surface area contributed by atoms with Crippen LogP contribution in [0.5, 0.6) is 5.75 Å². The molecule has 17 heteroatoms. The van der Waals surface area contributed by atoms with Crippen LogP contribution >= 0.6 is 0 Å². The Labute approximate surface area is 292 Å². The van der Waals surface area contributed by atoms with Crippen molar-refractivity contribution in [3.05, 3.63) is 119 Å². The zero-order valence-electron chi connectivity index (χ0n) is 26.7. The Morgan fingerprint density at radius 1 is 0.725 bits per heavy atom. The number of phenols is 1. The number of phenolic OH excluding ortho intramolecular Hbond substituents is 1. The highest BCUT2D eigenvalue weighted by Gasteiger charge is 2.28. The summed E-state index contributed by atoms with van der Waals surface area (Å²) in [4.78, 5) is 6.74. The molecule has 0 spiro atoms. The maximum absolute atomic E-state index is 12.6. The van der Waals surface area contributed by atoms with E-state index in [1.807, 2.05) is 30.3 Å². The molecule has 0 aliphatic carbocycles. The number of hydrogen-bond acceptors (Lipinski definition) is 11. The number of aromatic hydroxyl groups is 1. The SMILES string of the molecule is Cc1nc(Cc2ccccc2)cc(C(C)c2cc(S(=O)(=O)O)cc3cc(S(=O)(=O)O)c(N=Nc4ccc5ccccc5c4S(=O)(=O)O)c(O)c23)n1. The fraction of sp³-hybridized carbons (Fsp3) is 0.118. The van der Waals surface area contributed by atoms with Gasteiger partial charge >= 0.3 is 0 Å². The molecule has 0 bridgehead atoms. The van der Waals surface area contributed by atoms with Crippen LogP contribution in [-0.4, -0.2) is 54.0 Å². The van der Waals surface area contributed by atoms with Gasteiger partial charge in [-0.1, -0.05) is 67.6 Å². The van der Waals surface area contributed by atoms with Crippen molar-refractivity contribution in [2.24, 2.45) is 10.2 Å². The molecule has 0 aliphatic heterocycles. The highest BCUT2D eigenvalue weighted by Crippen LogP contribution is 2.46. The first-order valence-corrected chi connectivity index (χ1v) is 19.3. The molecule has 0 amide bonds. The molecule has 14 nitrogen and oxygen atoms in total. The normalized spacial score (nSPS) is 13.3. The Balaban J connectivity index is 1.60. The van der Waals surface area contributed by atoms with E-state index < -0.39 is 68.1 Å². The molecule has 1 atom stereocenters. The fourth-order valence-electron chi connectivity index (χ4n) is 5.89. The zero-order chi connectivity index (χ0) is 36.9. The lowest BCUT2D eigenvalue weighted by Crippen LogP contribution is -2.08. The van der Waals surface area contributed by atoms with Crippen molar-refractivity contribution in [3.63, 3.8) is 0 Å². The third kappa shape index (κ3) is 7.34. The second-order valence-corrected chi connectivity index (χ2v) is 15.8. The molecule has 0 saturated heterocycles. The summed E-state index contributed by atoms with van der Waals surface area (Å²) in [5, 5.41) is 19.6. The van der Waals surface area contributed by atoms with Crippen molar-refractivity contribution >= 4 is 63.3 Å². The van der Waals surface area contributed by atoms with Gasteiger partial charge in [-0.25, -0.2) is 9.97 Å². The second kappa shape index (κ2) is 13.2. The van der Waals surface area contributed by atoms with Gasteiger partial charge in [0.15, 0.2) is 5.75 Å². The fourth-order valence-corrected chi connectivity index (χ4v) is 7.94. The van der Waals surface area contributed by atoms with Crippen LogP contribution in [-0.2, 0) is 36.8 Å². The van der Waals surface area contributed by atoms with Crippen LogP contribution in [0.15, 0.2) is 116 Å². The van der Waals surface area contributed by atoms with Crippen LogP contribution < -0.4 is 0 Å². The first-order valence-electron chi connectivity index (χ1n) is 15.0. The summed E-state index contributed by atoms with van der Waals surface area (Å²) in [5.41, 5.74) is 0.790. The second-order valence-electron chi connectivity index (χ2n) is 11.7. The van der Waals surface area contributed by atoms with Crippen LogP contribution in [0, 0.1) is 6.92 Å². The molecule has 0 saturated carbocycles. The van der Waals surface area contributed by atoms with Crippen LogP contribution in [0.1, 0.15) is 41.2 Å². The molecular formula is C34H28N4O10S3. The van der Waals surface area contributed by atoms with Crippen LogP contribution in [0.4, 0.5) is 11.4 Å². The van der Waals surface area contributed by atoms with Crippen molar-refractivity contribution in [1.29, 1.82) is 0 Å². The Bertz CT molecular complexity index is 2740. The van der Waals surface area contributed by atoms with Crippen molar-refractivity contribution in [2.45, 2.75) is 40.9 Å². The van der Waals surface area contributed by atoms with Gasteiger partial charge in [-0.05, 0) is 59.2 Å². The molecule has 0 radical (unpaired) electrons. The highest BCUT2D eigenvalue weighted by molar-refractivity contribution is 7.86. The number of azo groups is 1. The molecule has 0 fully saturated rings. The minimum atomic E-state index is -5.21. The molecule has 1 aromatic heterocycles. The van der Waals surface area contributed by atoms with E-state index in [-0.39, 0.29) is 21.7 Å². The largest absolute Gasteiger partial charge is 0.505 e. The molecular weight excluding hydrogens is 721 g/mol. The molecule has 1 unspecified atom stereocenters. The predicted octanol–water partition coefficient (Wildman–Crippen LogP) is 6.70. The van der Waals surface area contributed by atoms with E-state index in [1.165, 1.54) is 24.3 Å². The molecule has 5 aromatic carbocycles. The summed E-state index contributed by atoms with van der Waals surface area (Å²) in [6.07, 6.45) is 0.434. The first kappa shape index (κ1) is 35.6. The van der Waals surface area contributed by atoms with Crippen molar-refractivity contribution in [2.75, 3.05) is 0 Å². The minimum absolute atomic E-state index is 0.0593. The number of benzene rings is 5. The first-order chi connectivity index (χ1) is 23.9. The van der Waals surface area contributed by atoms with E-state index in [2.05, 4.69) is 20.2 Å². The lowest BCUT2D eigenvalue weighted by molar-refractivity contribution is 0.471. The highest BCUT2D eigenvalue weighted by atomic mass is 32.2. The standard InChI is InChI=1S/C34H28N4O10S3/c1-19(29-17-24(35-20(2)36-29)14-21-8-4-3-5-9-21)27-18-25(49(40,41)42)15-23-16-30(50(43,44)45)32(33(39)31(23)27)38-37-28-13-12-22-10-6-7-11-26(22)34(28)51(46,47)48/h3-13,15-19,39H,14H2,1-2H3,(H,40,41,42)(H,43,44,45)(H,46,47,48). The molecule has 262 valence electrons. The van der Waals surface area contributed by atoms with E-state index in [4.69, 9.17) is 0 Å². The number of aryl methyl sites for hydroxylation is 1. The third-order valence-electron chi connectivity index (χ3n) is 8.15. The summed E-state index contributed by atoms with van der Waals surface area (Å²) >= 11 is 0. The van der Waals surface area contributed by atoms with Crippen molar-refractivity contribution in [3.8, 4) is 5.75 Å². The van der Waals surface area contributed by atoms with E-state index in [0.29, 0.717) is 29.0 Å². The van der Waals surface area contributed by atoms with Gasteiger partial charge < -0.3 is 5.11 Å². The van der Waals surface area contributed by atoms with Gasteiger partial charge in [0.25, 0.3) is 30.4 Å². The van der Waals surface area contributed by atoms with Gasteiger partial charge in [-0.2, -0.15) is 25.3 Å². The summed E-state index contributed by atoms with van der Waals surface area (Å²) in [7, 11) is -15.0. The summed E-state index contributed by atoms with van der Waals surface area (Å²) in [6, 6.07) is 22.8. The van der Waals surface area contributed by atoms with Crippen LogP contribution in [0.25, 0.3) is 21.5 Å². The maximum atomic E-state index is 12.6. The molecule has 4 N–H and O–H groups in total. The van der Waals surface area contributed by atoms with Crippen molar-refractivity contribution in [1.82, 2.24) is 9.97 Å². The number of rotatable bonds is 9. The van der Waals surface area contributed by atoms with Crippen LogP contribution in [0.2, 0.25) is 0 Å². The Morgan fingerprint density at radius 2 is 1.41 bits per heavy atom. The number of aromatic nitrogens is 2. The zero-order valence-corrected chi connectivity index (χ0v) is 29.1. The summed E-state index contributed by atoms with van der Waals surface area (Å²) in [5.74, 6) is -1.32. The lowest BCUT2D eigenvalue weighted by atomic mass is 9.90. The Kier molecular flexibility index (Phi) is 9.21. The summed E-state index contributed by atoms with van der Waals surface area (Å²) in [6.45, 7) is 3.31. The Hall–Kier alpha value is -5.17. The number of fused-ring (bicyclic) bond motifs is 2. The van der Waals surface area contributed by atoms with E-state index >= 15 is 0 Å². The molecule has 51 heavy (non-hydrogen) atoms. The Morgan fingerprint density at radius 3 is 2.08 bits per heavy atom.